The van der Waals surface area contributed by atoms with Crippen LogP contribution in [0.2, 0.25) is 5.02 Å². The highest BCUT2D eigenvalue weighted by Gasteiger charge is 2.31. The Morgan fingerprint density at radius 1 is 1.19 bits per heavy atom. The normalized spacial score (nSPS) is 16.5. The number of hydrogen-bond donors (Lipinski definition) is 1. The predicted octanol–water partition coefficient (Wildman–Crippen LogP) is 5.60. The summed E-state index contributed by atoms with van der Waals surface area (Å²) in [5.74, 6) is -1.09. The molecule has 0 saturated carbocycles. The van der Waals surface area contributed by atoms with E-state index in [-0.39, 0.29) is 23.3 Å². The van der Waals surface area contributed by atoms with Crippen LogP contribution in [0.3, 0.4) is 0 Å². The van der Waals surface area contributed by atoms with Gasteiger partial charge in [-0.3, -0.25) is 24.2 Å². The molecule has 218 valence electrons. The number of carbonyl (C=O) groups excluding carboxylic acids is 2. The van der Waals surface area contributed by atoms with Crippen LogP contribution in [0.1, 0.15) is 66.7 Å². The Balaban J connectivity index is 1.35. The van der Waals surface area contributed by atoms with Crippen molar-refractivity contribution in [2.75, 3.05) is 16.8 Å². The van der Waals surface area contributed by atoms with E-state index in [0.29, 0.717) is 57.1 Å². The number of aryl methyl sites for hydroxylation is 1. The molecule has 0 radical (unpaired) electrons. The summed E-state index contributed by atoms with van der Waals surface area (Å²) in [4.78, 5) is 39.7. The summed E-state index contributed by atoms with van der Waals surface area (Å²) < 4.78 is 31.1. The molecule has 0 aliphatic carbocycles. The molecule has 2 unspecified atom stereocenters. The molecule has 1 saturated heterocycles. The maximum absolute atomic E-state index is 15.1. The van der Waals surface area contributed by atoms with Gasteiger partial charge in [0.2, 0.25) is 5.91 Å². The summed E-state index contributed by atoms with van der Waals surface area (Å²) in [6.07, 6.45) is 4.90. The lowest BCUT2D eigenvalue weighted by molar-refractivity contribution is -0.117. The number of aromatic nitrogens is 5. The second-order valence-corrected chi connectivity index (χ2v) is 11.4. The van der Waals surface area contributed by atoms with E-state index >= 15 is 4.39 Å². The minimum atomic E-state index is -1.29. The van der Waals surface area contributed by atoms with Gasteiger partial charge in [-0.1, -0.05) is 24.6 Å². The van der Waals surface area contributed by atoms with Crippen molar-refractivity contribution >= 4 is 49.5 Å². The molecule has 13 heteroatoms. The van der Waals surface area contributed by atoms with Crippen LogP contribution >= 0.6 is 20.8 Å². The van der Waals surface area contributed by atoms with Crippen molar-refractivity contribution in [3.63, 3.8) is 0 Å². The van der Waals surface area contributed by atoms with Crippen LogP contribution in [-0.2, 0) is 4.79 Å². The molecule has 1 aromatic carbocycles. The largest absolute Gasteiger partial charge is 0.318 e. The first-order valence-electron chi connectivity index (χ1n) is 13.3. The van der Waals surface area contributed by atoms with E-state index in [1.165, 1.54) is 36.5 Å². The summed E-state index contributed by atoms with van der Waals surface area (Å²) in [5.41, 5.74) is 2.68. The van der Waals surface area contributed by atoms with E-state index in [1.807, 2.05) is 13.8 Å². The topological polar surface area (TPSA) is 106 Å². The van der Waals surface area contributed by atoms with E-state index in [4.69, 9.17) is 11.6 Å². The number of halogens is 3. The molecule has 4 heterocycles. The zero-order valence-electron chi connectivity index (χ0n) is 23.4. The zero-order chi connectivity index (χ0) is 30.3. The molecule has 1 N–H and O–H groups in total. The standard InChI is InChI=1S/C29H29ClF2N7O2P/c1-14-7-25(40)38(12-14)28-22(32)8-20(16(3)35-28)17(4)39-13-18(9-34-39)36-29(41)24-11-33-10-23(37-24)26-19(15(2)31)5-6-21(30)27(26)42/h5-6,8-11,13-15,17H,7,12,42H2,1-4H3,(H,36,41)/t14-,15?,17-/m0/s1. The molecule has 4 aromatic rings. The Morgan fingerprint density at radius 3 is 2.64 bits per heavy atom. The average molecular weight is 612 g/mol. The van der Waals surface area contributed by atoms with E-state index in [2.05, 4.69) is 34.6 Å². The van der Waals surface area contributed by atoms with Crippen molar-refractivity contribution < 1.29 is 18.4 Å². The quantitative estimate of drug-likeness (QED) is 0.273. The fourth-order valence-corrected chi connectivity index (χ4v) is 5.63. The number of nitrogens with zero attached hydrogens (tertiary/aromatic N) is 6. The second kappa shape index (κ2) is 11.8. The Kier molecular flexibility index (Phi) is 8.35. The third-order valence-corrected chi connectivity index (χ3v) is 8.36. The Bertz CT molecular complexity index is 1700. The Labute approximate surface area is 248 Å². The number of pyridine rings is 1. The van der Waals surface area contributed by atoms with Crippen LogP contribution in [0.5, 0.6) is 0 Å². The first-order chi connectivity index (χ1) is 19.9. The fraction of sp³-hybridized carbons (Fsp3) is 0.310. The predicted molar refractivity (Wildman–Crippen MR) is 160 cm³/mol. The van der Waals surface area contributed by atoms with Gasteiger partial charge in [-0.25, -0.2) is 18.7 Å². The number of rotatable bonds is 7. The van der Waals surface area contributed by atoms with Crippen molar-refractivity contribution in [1.29, 1.82) is 0 Å². The van der Waals surface area contributed by atoms with Gasteiger partial charge in [-0.15, -0.1) is 9.24 Å². The number of carbonyl (C=O) groups is 2. The first-order valence-corrected chi connectivity index (χ1v) is 14.3. The lowest BCUT2D eigenvalue weighted by Gasteiger charge is -2.20. The van der Waals surface area contributed by atoms with Gasteiger partial charge in [0.25, 0.3) is 5.91 Å². The van der Waals surface area contributed by atoms with Crippen LogP contribution in [-0.4, -0.2) is 43.1 Å². The minimum Gasteiger partial charge on any atom is -0.318 e. The van der Waals surface area contributed by atoms with Crippen molar-refractivity contribution in [2.45, 2.75) is 46.3 Å². The smallest absolute Gasteiger partial charge is 0.275 e. The van der Waals surface area contributed by atoms with Crippen LogP contribution in [0, 0.1) is 18.7 Å². The van der Waals surface area contributed by atoms with Gasteiger partial charge in [-0.2, -0.15) is 5.10 Å². The van der Waals surface area contributed by atoms with Crippen molar-refractivity contribution in [2.24, 2.45) is 5.92 Å². The molecule has 42 heavy (non-hydrogen) atoms. The van der Waals surface area contributed by atoms with Crippen LogP contribution in [0.4, 0.5) is 20.3 Å². The van der Waals surface area contributed by atoms with Crippen molar-refractivity contribution in [3.8, 4) is 11.3 Å². The number of alkyl halides is 1. The first kappa shape index (κ1) is 29.7. The second-order valence-electron chi connectivity index (χ2n) is 10.5. The van der Waals surface area contributed by atoms with Crippen molar-refractivity contribution in [1.82, 2.24) is 24.7 Å². The van der Waals surface area contributed by atoms with E-state index in [1.54, 1.807) is 29.9 Å². The maximum Gasteiger partial charge on any atom is 0.275 e. The van der Waals surface area contributed by atoms with Gasteiger partial charge >= 0.3 is 0 Å². The third kappa shape index (κ3) is 5.76. The average Bonchev–Trinajstić information content (AvgIpc) is 3.55. The number of amides is 2. The van der Waals surface area contributed by atoms with Gasteiger partial charge < -0.3 is 5.32 Å². The molecule has 4 atom stereocenters. The summed E-state index contributed by atoms with van der Waals surface area (Å²) in [5, 5.41) is 8.05. The molecule has 9 nitrogen and oxygen atoms in total. The molecule has 5 rings (SSSR count). The van der Waals surface area contributed by atoms with Crippen molar-refractivity contribution in [3.05, 3.63) is 76.3 Å². The van der Waals surface area contributed by atoms with Crippen LogP contribution < -0.4 is 15.5 Å². The summed E-state index contributed by atoms with van der Waals surface area (Å²) in [6, 6.07) is 4.15. The van der Waals surface area contributed by atoms with Gasteiger partial charge in [0.15, 0.2) is 11.6 Å². The summed E-state index contributed by atoms with van der Waals surface area (Å²) in [7, 11) is 2.49. The zero-order valence-corrected chi connectivity index (χ0v) is 25.3. The summed E-state index contributed by atoms with van der Waals surface area (Å²) >= 11 is 6.27. The highest BCUT2D eigenvalue weighted by atomic mass is 35.5. The number of hydrogen-bond acceptors (Lipinski definition) is 6. The number of benzene rings is 1. The maximum atomic E-state index is 15.1. The molecule has 2 amide bonds. The van der Waals surface area contributed by atoms with Gasteiger partial charge in [0, 0.05) is 41.0 Å². The highest BCUT2D eigenvalue weighted by Crippen LogP contribution is 2.32. The van der Waals surface area contributed by atoms with Crippen LogP contribution in [0.15, 0.2) is 43.0 Å². The lowest BCUT2D eigenvalue weighted by atomic mass is 10.0. The summed E-state index contributed by atoms with van der Waals surface area (Å²) in [6.45, 7) is 7.37. The molecule has 0 spiro atoms. The number of nitrogens with one attached hydrogen (secondary N) is 1. The van der Waals surface area contributed by atoms with E-state index < -0.39 is 23.9 Å². The minimum absolute atomic E-state index is 0.0126. The Hall–Kier alpha value is -3.82. The fourth-order valence-electron chi connectivity index (χ4n) is 5.06. The van der Waals surface area contributed by atoms with Gasteiger partial charge in [-0.05, 0) is 49.7 Å². The highest BCUT2D eigenvalue weighted by molar-refractivity contribution is 7.28. The van der Waals surface area contributed by atoms with Gasteiger partial charge in [0.05, 0.1) is 36.0 Å². The third-order valence-electron chi connectivity index (χ3n) is 7.24. The molecule has 1 aliphatic rings. The molecule has 3 aromatic heterocycles. The molecular weight excluding hydrogens is 583 g/mol. The SMILES string of the molecule is Cc1nc(N2C[C@@H](C)CC2=O)c(F)cc1[C@H](C)n1cc(NC(=O)c2cncc(-c3c(C(C)F)ccc(Cl)c3P)n2)cn1. The molecular formula is C29H29ClF2N7O2P. The number of anilines is 2. The lowest BCUT2D eigenvalue weighted by Crippen LogP contribution is -2.27. The van der Waals surface area contributed by atoms with E-state index in [0.717, 1.165) is 0 Å². The van der Waals surface area contributed by atoms with Crippen LogP contribution in [0.25, 0.3) is 11.3 Å². The Morgan fingerprint density at radius 2 is 1.95 bits per heavy atom. The van der Waals surface area contributed by atoms with Gasteiger partial charge in [0.1, 0.15) is 11.9 Å². The monoisotopic (exact) mass is 611 g/mol. The molecule has 1 fully saturated rings. The van der Waals surface area contributed by atoms with E-state index in [9.17, 15) is 14.0 Å². The molecule has 0 bridgehead atoms. The molecule has 1 aliphatic heterocycles.